The number of benzene rings is 2. The van der Waals surface area contributed by atoms with Crippen molar-refractivity contribution in [2.75, 3.05) is 13.7 Å². The minimum atomic E-state index is -0.515. The lowest BCUT2D eigenvalue weighted by molar-refractivity contribution is 0.0825. The Morgan fingerprint density at radius 3 is 2.62 bits per heavy atom. The van der Waals surface area contributed by atoms with E-state index in [0.717, 1.165) is 5.56 Å². The van der Waals surface area contributed by atoms with Gasteiger partial charge < -0.3 is 24.8 Å². The number of rotatable bonds is 3. The minimum Gasteiger partial charge on any atom is -0.504 e. The van der Waals surface area contributed by atoms with Crippen molar-refractivity contribution in [1.82, 2.24) is 0 Å². The summed E-state index contributed by atoms with van der Waals surface area (Å²) < 4.78 is 10.6. The molecule has 1 unspecified atom stereocenters. The number of carbonyl (C=O) groups is 1. The normalized spacial score (nSPS) is 16.4. The molecule has 6 nitrogen and oxygen atoms in total. The second-order valence-electron chi connectivity index (χ2n) is 5.85. The number of phenolic OH excluding ortho intramolecular Hbond substituents is 3. The van der Waals surface area contributed by atoms with Crippen molar-refractivity contribution in [3.63, 3.8) is 0 Å². The summed E-state index contributed by atoms with van der Waals surface area (Å²) in [5, 5.41) is 29.8. The van der Waals surface area contributed by atoms with E-state index in [1.807, 2.05) is 0 Å². The largest absolute Gasteiger partial charge is 0.504 e. The molecule has 1 aliphatic rings. The summed E-state index contributed by atoms with van der Waals surface area (Å²) >= 11 is 0. The molecule has 0 saturated carbocycles. The van der Waals surface area contributed by atoms with Crippen molar-refractivity contribution in [1.29, 1.82) is 0 Å². The lowest BCUT2D eigenvalue weighted by Crippen LogP contribution is -2.29. The van der Waals surface area contributed by atoms with E-state index in [4.69, 9.17) is 9.47 Å². The molecule has 2 aromatic rings. The predicted octanol–water partition coefficient (Wildman–Crippen LogP) is 2.55. The maximum atomic E-state index is 12.7. The molecule has 0 saturated heterocycles. The molecule has 6 heteroatoms. The van der Waals surface area contributed by atoms with Gasteiger partial charge in [0.2, 0.25) is 0 Å². The Morgan fingerprint density at radius 2 is 1.96 bits per heavy atom. The molecule has 0 spiro atoms. The summed E-state index contributed by atoms with van der Waals surface area (Å²) in [7, 11) is 1.46. The van der Waals surface area contributed by atoms with Gasteiger partial charge in [-0.15, -0.1) is 0 Å². The zero-order chi connectivity index (χ0) is 17.4. The van der Waals surface area contributed by atoms with Crippen LogP contribution in [0.2, 0.25) is 0 Å². The Labute approximate surface area is 138 Å². The fourth-order valence-electron chi connectivity index (χ4n) is 2.88. The fraction of sp³-hybridized carbons (Fsp3) is 0.278. The van der Waals surface area contributed by atoms with Gasteiger partial charge in [-0.25, -0.2) is 0 Å². The van der Waals surface area contributed by atoms with Crippen molar-refractivity contribution in [3.8, 4) is 28.7 Å². The summed E-state index contributed by atoms with van der Waals surface area (Å²) in [6, 6.07) is 6.46. The standard InChI is InChI=1S/C18H18O6/c1-9-5-14-15(18(22)16(9)20)17(21)11(8-24-14)6-10-3-4-13(23-2)12(19)7-10/h3-5,7,11,19-20,22H,6,8H2,1-2H3. The Morgan fingerprint density at radius 1 is 1.21 bits per heavy atom. The first kappa shape index (κ1) is 16.0. The first-order valence-corrected chi connectivity index (χ1v) is 7.50. The summed E-state index contributed by atoms with van der Waals surface area (Å²) in [6.45, 7) is 1.79. The van der Waals surface area contributed by atoms with Gasteiger partial charge in [-0.3, -0.25) is 4.79 Å². The molecule has 1 aliphatic heterocycles. The molecule has 2 aromatic carbocycles. The molecule has 0 fully saturated rings. The van der Waals surface area contributed by atoms with Gasteiger partial charge in [0, 0.05) is 0 Å². The van der Waals surface area contributed by atoms with Crippen molar-refractivity contribution < 1.29 is 29.6 Å². The smallest absolute Gasteiger partial charge is 0.177 e. The number of ketones is 1. The second-order valence-corrected chi connectivity index (χ2v) is 5.85. The maximum Gasteiger partial charge on any atom is 0.177 e. The Kier molecular flexibility index (Phi) is 3.97. The highest BCUT2D eigenvalue weighted by atomic mass is 16.5. The average molecular weight is 330 g/mol. The van der Waals surface area contributed by atoms with Crippen LogP contribution in [0.5, 0.6) is 28.7 Å². The SMILES string of the molecule is COc1ccc(CC2COc3cc(C)c(O)c(O)c3C2=O)cc1O. The minimum absolute atomic E-state index is 0.00399. The van der Waals surface area contributed by atoms with E-state index in [1.165, 1.54) is 19.2 Å². The van der Waals surface area contributed by atoms with Crippen molar-refractivity contribution in [2.24, 2.45) is 5.92 Å². The molecule has 1 heterocycles. The molecule has 0 bridgehead atoms. The zero-order valence-corrected chi connectivity index (χ0v) is 13.4. The van der Waals surface area contributed by atoms with Crippen molar-refractivity contribution in [2.45, 2.75) is 13.3 Å². The number of methoxy groups -OCH3 is 1. The molecule has 0 aliphatic carbocycles. The van der Waals surface area contributed by atoms with Gasteiger partial charge in [-0.05, 0) is 42.7 Å². The van der Waals surface area contributed by atoms with Crippen LogP contribution in [0, 0.1) is 12.8 Å². The molecule has 0 aromatic heterocycles. The van der Waals surface area contributed by atoms with Crippen LogP contribution in [0.25, 0.3) is 0 Å². The van der Waals surface area contributed by atoms with Crippen LogP contribution in [0.3, 0.4) is 0 Å². The number of hydrogen-bond donors (Lipinski definition) is 3. The van der Waals surface area contributed by atoms with Crippen LogP contribution in [-0.4, -0.2) is 34.8 Å². The van der Waals surface area contributed by atoms with E-state index >= 15 is 0 Å². The Balaban J connectivity index is 1.89. The summed E-state index contributed by atoms with van der Waals surface area (Å²) in [5.74, 6) is -0.936. The highest BCUT2D eigenvalue weighted by molar-refractivity contribution is 6.04. The molecule has 0 amide bonds. The number of phenols is 3. The molecule has 3 rings (SSSR count). The van der Waals surface area contributed by atoms with E-state index < -0.39 is 11.7 Å². The fourth-order valence-corrected chi connectivity index (χ4v) is 2.88. The van der Waals surface area contributed by atoms with Crippen LogP contribution in [0.4, 0.5) is 0 Å². The van der Waals surface area contributed by atoms with E-state index in [0.29, 0.717) is 17.7 Å². The topological polar surface area (TPSA) is 96.2 Å². The number of fused-ring (bicyclic) bond motifs is 1. The quantitative estimate of drug-likeness (QED) is 0.749. The summed E-state index contributed by atoms with van der Waals surface area (Å²) in [5.41, 5.74) is 1.19. The van der Waals surface area contributed by atoms with Crippen LogP contribution in [0.15, 0.2) is 24.3 Å². The highest BCUT2D eigenvalue weighted by Crippen LogP contribution is 2.42. The van der Waals surface area contributed by atoms with E-state index in [-0.39, 0.29) is 35.2 Å². The highest BCUT2D eigenvalue weighted by Gasteiger charge is 2.33. The number of ether oxygens (including phenoxy) is 2. The van der Waals surface area contributed by atoms with Crippen LogP contribution >= 0.6 is 0 Å². The molecule has 0 radical (unpaired) electrons. The van der Waals surface area contributed by atoms with E-state index in [1.54, 1.807) is 19.1 Å². The van der Waals surface area contributed by atoms with Gasteiger partial charge in [-0.2, -0.15) is 0 Å². The Hall–Kier alpha value is -2.89. The third-order valence-electron chi connectivity index (χ3n) is 4.21. The van der Waals surface area contributed by atoms with Crippen molar-refractivity contribution in [3.05, 3.63) is 41.0 Å². The third-order valence-corrected chi connectivity index (χ3v) is 4.21. The average Bonchev–Trinajstić information content (AvgIpc) is 2.55. The summed E-state index contributed by atoms with van der Waals surface area (Å²) in [4.78, 5) is 12.7. The van der Waals surface area contributed by atoms with E-state index in [2.05, 4.69) is 0 Å². The van der Waals surface area contributed by atoms with Crippen LogP contribution in [-0.2, 0) is 6.42 Å². The Bertz CT molecular complexity index is 812. The second kappa shape index (κ2) is 5.96. The first-order chi connectivity index (χ1) is 11.4. The van der Waals surface area contributed by atoms with Gasteiger partial charge in [0.05, 0.1) is 19.6 Å². The number of Topliss-reactive ketones (excluding diaryl/α,β-unsaturated/α-hetero) is 1. The number of aromatic hydroxyl groups is 3. The molecule has 1 atom stereocenters. The monoisotopic (exact) mass is 330 g/mol. The summed E-state index contributed by atoms with van der Waals surface area (Å²) in [6.07, 6.45) is 0.337. The molecular formula is C18H18O6. The van der Waals surface area contributed by atoms with Gasteiger partial charge in [0.25, 0.3) is 0 Å². The third kappa shape index (κ3) is 2.60. The zero-order valence-electron chi connectivity index (χ0n) is 13.4. The van der Waals surface area contributed by atoms with Gasteiger partial charge in [-0.1, -0.05) is 6.07 Å². The van der Waals surface area contributed by atoms with Gasteiger partial charge in [0.1, 0.15) is 11.3 Å². The lowest BCUT2D eigenvalue weighted by Gasteiger charge is -2.25. The molecule has 24 heavy (non-hydrogen) atoms. The first-order valence-electron chi connectivity index (χ1n) is 7.50. The number of hydrogen-bond acceptors (Lipinski definition) is 6. The van der Waals surface area contributed by atoms with Crippen molar-refractivity contribution >= 4 is 5.78 Å². The number of aryl methyl sites for hydroxylation is 1. The number of carbonyl (C=O) groups excluding carboxylic acids is 1. The molecule has 3 N–H and O–H groups in total. The molecule has 126 valence electrons. The lowest BCUT2D eigenvalue weighted by atomic mass is 9.88. The van der Waals surface area contributed by atoms with Gasteiger partial charge >= 0.3 is 0 Å². The van der Waals surface area contributed by atoms with Crippen LogP contribution < -0.4 is 9.47 Å². The van der Waals surface area contributed by atoms with Crippen LogP contribution in [0.1, 0.15) is 21.5 Å². The van der Waals surface area contributed by atoms with E-state index in [9.17, 15) is 20.1 Å². The van der Waals surface area contributed by atoms with Gasteiger partial charge in [0.15, 0.2) is 28.8 Å². The molecular weight excluding hydrogens is 312 g/mol. The predicted molar refractivity (Wildman–Crippen MR) is 86.2 cm³/mol. The maximum absolute atomic E-state index is 12.7.